The number of anilines is 1. The molecule has 2 aromatic carbocycles. The van der Waals surface area contributed by atoms with Crippen LogP contribution in [0.5, 0.6) is 0 Å². The summed E-state index contributed by atoms with van der Waals surface area (Å²) in [6.07, 6.45) is 0. The van der Waals surface area contributed by atoms with Crippen molar-refractivity contribution in [3.8, 4) is 0 Å². The Balaban J connectivity index is 1.71. The number of amides is 2. The fourth-order valence-corrected chi connectivity index (χ4v) is 3.55. The van der Waals surface area contributed by atoms with Crippen LogP contribution in [0.4, 0.5) is 10.1 Å². The summed E-state index contributed by atoms with van der Waals surface area (Å²) < 4.78 is 17.9. The quantitative estimate of drug-likeness (QED) is 0.526. The third kappa shape index (κ3) is 4.55. The van der Waals surface area contributed by atoms with Gasteiger partial charge in [-0.3, -0.25) is 14.3 Å². The summed E-state index contributed by atoms with van der Waals surface area (Å²) in [5, 5.41) is 12.8. The number of fused-ring (bicyclic) bond motifs is 1. The van der Waals surface area contributed by atoms with Crippen LogP contribution in [0.15, 0.2) is 47.4 Å². The van der Waals surface area contributed by atoms with Gasteiger partial charge in [-0.05, 0) is 68.3 Å². The SMILES string of the molecule is Cn1c(C(=O)Nc2ccc(SNC(=O)C(C)(C)O)cc2)cc2c(Cl)c(F)ccc21. The molecule has 9 heteroatoms. The lowest BCUT2D eigenvalue weighted by atomic mass is 10.1. The molecule has 0 saturated carbocycles. The van der Waals surface area contributed by atoms with Crippen LogP contribution < -0.4 is 10.0 Å². The molecule has 0 aliphatic rings. The molecule has 0 saturated heterocycles. The minimum atomic E-state index is -1.47. The number of carbonyl (C=O) groups is 2. The van der Waals surface area contributed by atoms with Crippen molar-refractivity contribution in [3.63, 3.8) is 0 Å². The molecular weight excluding hydrogens is 417 g/mol. The maximum Gasteiger partial charge on any atom is 0.272 e. The molecule has 3 rings (SSSR count). The molecule has 0 aliphatic heterocycles. The number of halogens is 2. The fourth-order valence-electron chi connectivity index (χ4n) is 2.60. The lowest BCUT2D eigenvalue weighted by molar-refractivity contribution is -0.134. The van der Waals surface area contributed by atoms with Crippen molar-refractivity contribution in [2.45, 2.75) is 24.3 Å². The Morgan fingerprint density at radius 2 is 1.83 bits per heavy atom. The number of nitrogens with zero attached hydrogens (tertiary/aromatic N) is 1. The third-order valence-electron chi connectivity index (χ3n) is 4.28. The van der Waals surface area contributed by atoms with E-state index in [1.165, 1.54) is 19.9 Å². The molecule has 3 aromatic rings. The van der Waals surface area contributed by atoms with Crippen LogP contribution in [0.2, 0.25) is 5.02 Å². The maximum atomic E-state index is 13.7. The highest BCUT2D eigenvalue weighted by atomic mass is 35.5. The van der Waals surface area contributed by atoms with Crippen molar-refractivity contribution in [3.05, 3.63) is 59.0 Å². The second-order valence-corrected chi connectivity index (χ2v) is 8.21. The normalized spacial score (nSPS) is 11.5. The monoisotopic (exact) mass is 435 g/mol. The van der Waals surface area contributed by atoms with Crippen molar-refractivity contribution in [1.82, 2.24) is 9.29 Å². The van der Waals surface area contributed by atoms with E-state index in [0.717, 1.165) is 16.8 Å². The van der Waals surface area contributed by atoms with Crippen LogP contribution in [0.25, 0.3) is 10.9 Å². The van der Waals surface area contributed by atoms with E-state index in [9.17, 15) is 19.1 Å². The smallest absolute Gasteiger partial charge is 0.272 e. The molecule has 0 atom stereocenters. The van der Waals surface area contributed by atoms with Crippen molar-refractivity contribution >= 4 is 52.0 Å². The first-order valence-corrected chi connectivity index (χ1v) is 9.82. The van der Waals surface area contributed by atoms with Gasteiger partial charge in [0.1, 0.15) is 17.1 Å². The zero-order chi connectivity index (χ0) is 21.3. The van der Waals surface area contributed by atoms with Gasteiger partial charge in [0.2, 0.25) is 0 Å². The topological polar surface area (TPSA) is 83.4 Å². The number of rotatable bonds is 5. The lowest BCUT2D eigenvalue weighted by Gasteiger charge is -2.15. The van der Waals surface area contributed by atoms with Crippen molar-refractivity contribution in [2.24, 2.45) is 7.05 Å². The number of carbonyl (C=O) groups excluding carboxylic acids is 2. The summed E-state index contributed by atoms with van der Waals surface area (Å²) in [6, 6.07) is 11.2. The molecule has 29 heavy (non-hydrogen) atoms. The first-order chi connectivity index (χ1) is 13.6. The van der Waals surface area contributed by atoms with Gasteiger partial charge in [-0.15, -0.1) is 0 Å². The molecule has 0 radical (unpaired) electrons. The minimum Gasteiger partial charge on any atom is -0.381 e. The predicted molar refractivity (Wildman–Crippen MR) is 113 cm³/mol. The summed E-state index contributed by atoms with van der Waals surface area (Å²) in [7, 11) is 1.70. The van der Waals surface area contributed by atoms with Crippen molar-refractivity contribution in [1.29, 1.82) is 0 Å². The Hall–Kier alpha value is -2.55. The standard InChI is InChI=1S/C20H19ClFN3O3S/c1-20(2,28)19(27)24-29-12-6-4-11(5-7-12)23-18(26)16-10-13-15(25(16)3)9-8-14(22)17(13)21/h4-10,28H,1-3H3,(H,23,26)(H,24,27). The minimum absolute atomic E-state index is 0.0216. The second-order valence-electron chi connectivity index (χ2n) is 6.95. The van der Waals surface area contributed by atoms with Gasteiger partial charge in [0.05, 0.1) is 10.5 Å². The molecule has 2 amide bonds. The highest BCUT2D eigenvalue weighted by Gasteiger charge is 2.23. The summed E-state index contributed by atoms with van der Waals surface area (Å²) in [5.41, 5.74) is 0.0701. The van der Waals surface area contributed by atoms with Crippen molar-refractivity contribution < 1.29 is 19.1 Å². The van der Waals surface area contributed by atoms with Crippen LogP contribution in [-0.4, -0.2) is 27.1 Å². The van der Waals surface area contributed by atoms with Gasteiger partial charge >= 0.3 is 0 Å². The molecule has 6 nitrogen and oxygen atoms in total. The van der Waals surface area contributed by atoms with Crippen LogP contribution in [-0.2, 0) is 11.8 Å². The van der Waals surface area contributed by atoms with Gasteiger partial charge in [-0.1, -0.05) is 11.6 Å². The number of aryl methyl sites for hydroxylation is 1. The molecule has 0 fully saturated rings. The zero-order valence-electron chi connectivity index (χ0n) is 15.9. The molecule has 1 heterocycles. The van der Waals surface area contributed by atoms with Gasteiger partial charge < -0.3 is 15.0 Å². The van der Waals surface area contributed by atoms with E-state index in [4.69, 9.17) is 11.6 Å². The van der Waals surface area contributed by atoms with Crippen LogP contribution in [0, 0.1) is 5.82 Å². The highest BCUT2D eigenvalue weighted by molar-refractivity contribution is 7.98. The number of benzene rings is 2. The summed E-state index contributed by atoms with van der Waals surface area (Å²) in [4.78, 5) is 25.1. The first-order valence-electron chi connectivity index (χ1n) is 8.62. The van der Waals surface area contributed by atoms with Gasteiger partial charge in [0.15, 0.2) is 0 Å². The van der Waals surface area contributed by atoms with E-state index in [0.29, 0.717) is 22.3 Å². The average molecular weight is 436 g/mol. The number of hydrogen-bond donors (Lipinski definition) is 3. The fraction of sp³-hybridized carbons (Fsp3) is 0.200. The number of nitrogens with one attached hydrogen (secondary N) is 2. The van der Waals surface area contributed by atoms with E-state index >= 15 is 0 Å². The number of aliphatic hydroxyl groups is 1. The summed E-state index contributed by atoms with van der Waals surface area (Å²) in [6.45, 7) is 2.80. The Morgan fingerprint density at radius 1 is 1.17 bits per heavy atom. The number of aromatic nitrogens is 1. The van der Waals surface area contributed by atoms with Gasteiger partial charge in [0, 0.05) is 23.0 Å². The number of hydrogen-bond acceptors (Lipinski definition) is 4. The Bertz CT molecular complexity index is 1090. The molecule has 0 spiro atoms. The third-order valence-corrected chi connectivity index (χ3v) is 5.45. The van der Waals surface area contributed by atoms with Gasteiger partial charge in [-0.2, -0.15) is 0 Å². The average Bonchev–Trinajstić information content (AvgIpc) is 3.00. The largest absolute Gasteiger partial charge is 0.381 e. The highest BCUT2D eigenvalue weighted by Crippen LogP contribution is 2.29. The summed E-state index contributed by atoms with van der Waals surface area (Å²) >= 11 is 7.07. The molecule has 1 aromatic heterocycles. The van der Waals surface area contributed by atoms with Crippen LogP contribution in [0.3, 0.4) is 0 Å². The Labute approximate surface area is 176 Å². The van der Waals surface area contributed by atoms with E-state index in [1.807, 2.05) is 0 Å². The summed E-state index contributed by atoms with van der Waals surface area (Å²) in [5.74, 6) is -1.41. The van der Waals surface area contributed by atoms with E-state index in [-0.39, 0.29) is 10.9 Å². The van der Waals surface area contributed by atoms with Crippen LogP contribution in [0.1, 0.15) is 24.3 Å². The van der Waals surface area contributed by atoms with Gasteiger partial charge in [-0.25, -0.2) is 4.39 Å². The first kappa shape index (κ1) is 21.2. The van der Waals surface area contributed by atoms with E-state index in [2.05, 4.69) is 10.0 Å². The molecule has 0 unspecified atom stereocenters. The molecule has 3 N–H and O–H groups in total. The van der Waals surface area contributed by atoms with Crippen molar-refractivity contribution in [2.75, 3.05) is 5.32 Å². The lowest BCUT2D eigenvalue weighted by Crippen LogP contribution is -2.38. The Morgan fingerprint density at radius 3 is 2.45 bits per heavy atom. The second kappa shape index (κ2) is 8.06. The predicted octanol–water partition coefficient (Wildman–Crippen LogP) is 4.12. The molecular formula is C20H19ClFN3O3S. The molecule has 152 valence electrons. The van der Waals surface area contributed by atoms with Gasteiger partial charge in [0.25, 0.3) is 11.8 Å². The maximum absolute atomic E-state index is 13.7. The molecule has 0 bridgehead atoms. The molecule has 0 aliphatic carbocycles. The van der Waals surface area contributed by atoms with E-state index in [1.54, 1.807) is 48.0 Å². The zero-order valence-corrected chi connectivity index (χ0v) is 17.5. The van der Waals surface area contributed by atoms with E-state index < -0.39 is 17.3 Å². The van der Waals surface area contributed by atoms with Crippen LogP contribution >= 0.6 is 23.5 Å². The Kier molecular flexibility index (Phi) is 5.88.